The minimum atomic E-state index is -0.411. The summed E-state index contributed by atoms with van der Waals surface area (Å²) >= 11 is 0. The summed E-state index contributed by atoms with van der Waals surface area (Å²) in [6.45, 7) is 0. The molecule has 3 atom stereocenters. The van der Waals surface area contributed by atoms with E-state index in [-0.39, 0.29) is 17.4 Å². The van der Waals surface area contributed by atoms with Gasteiger partial charge in [-0.1, -0.05) is 43.9 Å². The molecule has 0 unspecified atom stereocenters. The number of carbonyl (C=O) groups is 1. The molecule has 4 rings (SSSR count). The predicted octanol–water partition coefficient (Wildman–Crippen LogP) is 3.45. The summed E-state index contributed by atoms with van der Waals surface area (Å²) in [5.74, 6) is 1.11. The molecule has 1 aromatic carbocycles. The van der Waals surface area contributed by atoms with Gasteiger partial charge in [0.15, 0.2) is 5.69 Å². The van der Waals surface area contributed by atoms with Crippen LogP contribution in [0.5, 0.6) is 0 Å². The third kappa shape index (κ3) is 3.08. The van der Waals surface area contributed by atoms with Gasteiger partial charge >= 0.3 is 5.97 Å². The molecule has 0 radical (unpaired) electrons. The molecule has 25 heavy (non-hydrogen) atoms. The third-order valence-corrected chi connectivity index (χ3v) is 5.92. The summed E-state index contributed by atoms with van der Waals surface area (Å²) in [6, 6.07) is 7.10. The molecule has 2 aromatic rings. The van der Waals surface area contributed by atoms with Crippen molar-refractivity contribution in [1.82, 2.24) is 9.78 Å². The standard InChI is InChI=1S/C20H24N2O3/c1-22-19(23)17-9-5-4-8-16(17)18(21-22)20(24)25-15-11-10-13-6-2-3-7-14(13)12-15/h4-5,8-9,13-15H,2-3,6-7,10-12H2,1H3/t13-,14-,15+/m1/s1. The van der Waals surface area contributed by atoms with Crippen molar-refractivity contribution in [2.24, 2.45) is 18.9 Å². The Balaban J connectivity index is 1.57. The Morgan fingerprint density at radius 2 is 1.80 bits per heavy atom. The number of rotatable bonds is 2. The highest BCUT2D eigenvalue weighted by Crippen LogP contribution is 2.41. The fourth-order valence-corrected chi connectivity index (χ4v) is 4.60. The lowest BCUT2D eigenvalue weighted by molar-refractivity contribution is -0.00144. The van der Waals surface area contributed by atoms with Crippen molar-refractivity contribution >= 4 is 16.7 Å². The van der Waals surface area contributed by atoms with E-state index in [2.05, 4.69) is 5.10 Å². The lowest BCUT2D eigenvalue weighted by Crippen LogP contribution is -2.33. The van der Waals surface area contributed by atoms with Crippen LogP contribution in [0.2, 0.25) is 0 Å². The highest BCUT2D eigenvalue weighted by molar-refractivity contribution is 6.02. The number of ether oxygens (including phenoxy) is 1. The van der Waals surface area contributed by atoms with E-state index >= 15 is 0 Å². The van der Waals surface area contributed by atoms with E-state index in [0.717, 1.165) is 25.2 Å². The summed E-state index contributed by atoms with van der Waals surface area (Å²) in [5.41, 5.74) is 0.0401. The lowest BCUT2D eigenvalue weighted by atomic mass is 9.70. The number of fused-ring (bicyclic) bond motifs is 2. The van der Waals surface area contributed by atoms with Gasteiger partial charge in [0.2, 0.25) is 0 Å². The quantitative estimate of drug-likeness (QED) is 0.786. The molecule has 0 amide bonds. The molecule has 0 aliphatic heterocycles. The molecular weight excluding hydrogens is 316 g/mol. The number of hydrogen-bond donors (Lipinski definition) is 0. The minimum absolute atomic E-state index is 0.0235. The van der Waals surface area contributed by atoms with Crippen LogP contribution in [0.25, 0.3) is 10.8 Å². The topological polar surface area (TPSA) is 61.2 Å². The maximum absolute atomic E-state index is 12.8. The number of aromatic nitrogens is 2. The molecule has 5 nitrogen and oxygen atoms in total. The van der Waals surface area contributed by atoms with E-state index in [1.165, 1.54) is 30.4 Å². The van der Waals surface area contributed by atoms with Crippen LogP contribution in [0.1, 0.15) is 55.4 Å². The van der Waals surface area contributed by atoms with E-state index in [4.69, 9.17) is 4.74 Å². The zero-order chi connectivity index (χ0) is 17.4. The molecular formula is C20H24N2O3. The van der Waals surface area contributed by atoms with E-state index in [1.54, 1.807) is 25.2 Å². The number of aryl methyl sites for hydroxylation is 1. The Hall–Kier alpha value is -2.17. The molecule has 0 spiro atoms. The summed E-state index contributed by atoms with van der Waals surface area (Å²) in [7, 11) is 1.57. The SMILES string of the molecule is Cn1nc(C(=O)O[C@H]2CC[C@H]3CCCC[C@@H]3C2)c2ccccc2c1=O. The Bertz CT molecular complexity index is 858. The molecule has 0 bridgehead atoms. The summed E-state index contributed by atoms with van der Waals surface area (Å²) in [4.78, 5) is 24.9. The minimum Gasteiger partial charge on any atom is -0.458 e. The van der Waals surface area contributed by atoms with Gasteiger partial charge in [0, 0.05) is 12.4 Å². The van der Waals surface area contributed by atoms with E-state index < -0.39 is 5.97 Å². The average molecular weight is 340 g/mol. The van der Waals surface area contributed by atoms with Crippen molar-refractivity contribution in [3.63, 3.8) is 0 Å². The third-order valence-electron chi connectivity index (χ3n) is 5.92. The van der Waals surface area contributed by atoms with Crippen molar-refractivity contribution in [2.45, 2.75) is 51.0 Å². The Morgan fingerprint density at radius 1 is 1.08 bits per heavy atom. The molecule has 0 N–H and O–H groups in total. The van der Waals surface area contributed by atoms with Gasteiger partial charge in [-0.2, -0.15) is 5.10 Å². The van der Waals surface area contributed by atoms with Crippen LogP contribution in [0.4, 0.5) is 0 Å². The van der Waals surface area contributed by atoms with Crippen LogP contribution in [0.3, 0.4) is 0 Å². The zero-order valence-corrected chi connectivity index (χ0v) is 14.6. The first-order valence-electron chi connectivity index (χ1n) is 9.30. The number of carbonyl (C=O) groups excluding carboxylic acids is 1. The number of benzene rings is 1. The van der Waals surface area contributed by atoms with Gasteiger partial charge in [0.25, 0.3) is 5.56 Å². The number of esters is 1. The van der Waals surface area contributed by atoms with Gasteiger partial charge in [-0.3, -0.25) is 4.79 Å². The smallest absolute Gasteiger partial charge is 0.359 e. The number of hydrogen-bond acceptors (Lipinski definition) is 4. The van der Waals surface area contributed by atoms with Crippen LogP contribution in [-0.2, 0) is 11.8 Å². The Kier molecular flexibility index (Phi) is 4.32. The van der Waals surface area contributed by atoms with Crippen molar-refractivity contribution in [1.29, 1.82) is 0 Å². The monoisotopic (exact) mass is 340 g/mol. The highest BCUT2D eigenvalue weighted by Gasteiger charge is 2.34. The molecule has 2 saturated carbocycles. The van der Waals surface area contributed by atoms with Crippen LogP contribution < -0.4 is 5.56 Å². The van der Waals surface area contributed by atoms with Crippen LogP contribution >= 0.6 is 0 Å². The highest BCUT2D eigenvalue weighted by atomic mass is 16.5. The van der Waals surface area contributed by atoms with Crippen LogP contribution in [0.15, 0.2) is 29.1 Å². The maximum Gasteiger partial charge on any atom is 0.359 e. The summed E-state index contributed by atoms with van der Waals surface area (Å²) < 4.78 is 7.03. The van der Waals surface area contributed by atoms with Crippen LogP contribution in [0, 0.1) is 11.8 Å². The average Bonchev–Trinajstić information content (AvgIpc) is 2.64. The van der Waals surface area contributed by atoms with E-state index in [9.17, 15) is 9.59 Å². The summed E-state index contributed by atoms with van der Waals surface area (Å²) in [5, 5.41) is 5.25. The number of nitrogens with zero attached hydrogens (tertiary/aromatic N) is 2. The molecule has 1 aromatic heterocycles. The van der Waals surface area contributed by atoms with Gasteiger partial charge in [0.05, 0.1) is 5.39 Å². The fraction of sp³-hybridized carbons (Fsp3) is 0.550. The zero-order valence-electron chi connectivity index (χ0n) is 14.6. The molecule has 2 aliphatic rings. The van der Waals surface area contributed by atoms with Gasteiger partial charge in [0.1, 0.15) is 6.10 Å². The molecule has 0 saturated heterocycles. The molecule has 1 heterocycles. The Morgan fingerprint density at radius 3 is 2.60 bits per heavy atom. The van der Waals surface area contributed by atoms with E-state index in [1.807, 2.05) is 6.07 Å². The predicted molar refractivity (Wildman–Crippen MR) is 95.5 cm³/mol. The van der Waals surface area contributed by atoms with E-state index in [0.29, 0.717) is 16.7 Å². The molecule has 132 valence electrons. The van der Waals surface area contributed by atoms with Crippen molar-refractivity contribution in [3.8, 4) is 0 Å². The first-order chi connectivity index (χ1) is 12.1. The van der Waals surface area contributed by atoms with Gasteiger partial charge in [-0.15, -0.1) is 0 Å². The molecule has 2 fully saturated rings. The largest absolute Gasteiger partial charge is 0.458 e. The van der Waals surface area contributed by atoms with Gasteiger partial charge in [-0.05, 0) is 37.2 Å². The van der Waals surface area contributed by atoms with Gasteiger partial charge < -0.3 is 4.74 Å². The first-order valence-corrected chi connectivity index (χ1v) is 9.30. The summed E-state index contributed by atoms with van der Waals surface area (Å²) in [6.07, 6.45) is 8.29. The normalized spacial score (nSPS) is 26.2. The second kappa shape index (κ2) is 6.62. The van der Waals surface area contributed by atoms with Crippen molar-refractivity contribution < 1.29 is 9.53 Å². The molecule has 2 aliphatic carbocycles. The fourth-order valence-electron chi connectivity index (χ4n) is 4.60. The van der Waals surface area contributed by atoms with Crippen LogP contribution in [-0.4, -0.2) is 21.9 Å². The van der Waals surface area contributed by atoms with Crippen molar-refractivity contribution in [2.75, 3.05) is 0 Å². The second-order valence-electron chi connectivity index (χ2n) is 7.47. The lowest BCUT2D eigenvalue weighted by Gasteiger charge is -2.38. The Labute approximate surface area is 147 Å². The first kappa shape index (κ1) is 16.3. The van der Waals surface area contributed by atoms with Gasteiger partial charge in [-0.25, -0.2) is 9.48 Å². The maximum atomic E-state index is 12.8. The molecule has 5 heteroatoms. The second-order valence-corrected chi connectivity index (χ2v) is 7.47. The van der Waals surface area contributed by atoms with Crippen molar-refractivity contribution in [3.05, 3.63) is 40.3 Å².